The lowest BCUT2D eigenvalue weighted by Gasteiger charge is -2.16. The fourth-order valence-corrected chi connectivity index (χ4v) is 3.77. The van der Waals surface area contributed by atoms with Crippen molar-refractivity contribution in [3.05, 3.63) is 58.1 Å². The van der Waals surface area contributed by atoms with Gasteiger partial charge in [-0.05, 0) is 64.2 Å². The average Bonchev–Trinajstić information content (AvgIpc) is 3.05. The van der Waals surface area contributed by atoms with Crippen LogP contribution in [0.25, 0.3) is 0 Å². The highest BCUT2D eigenvalue weighted by Gasteiger charge is 2.20. The Balaban J connectivity index is 1.54. The average molecular weight is 431 g/mol. The second-order valence-electron chi connectivity index (χ2n) is 6.64. The summed E-state index contributed by atoms with van der Waals surface area (Å²) in [5.41, 5.74) is 2.86. The van der Waals surface area contributed by atoms with Gasteiger partial charge in [-0.15, -0.1) is 0 Å². The Morgan fingerprint density at radius 2 is 2.07 bits per heavy atom. The van der Waals surface area contributed by atoms with E-state index in [2.05, 4.69) is 21.2 Å². The Morgan fingerprint density at radius 3 is 2.78 bits per heavy atom. The standard InChI is InChI=1S/C21H23BrN2O3/c1-27-19-9-7-15(13-18(19)22)8-10-20(25)23-17-5-2-4-16(12-17)14-24-11-3-6-21(24)26/h2,4-5,7,9,12-13H,3,6,8,10-11,14H2,1H3,(H,23,25). The number of halogens is 1. The van der Waals surface area contributed by atoms with Gasteiger partial charge in [-0.25, -0.2) is 0 Å². The molecule has 2 amide bonds. The molecular weight excluding hydrogens is 408 g/mol. The quantitative estimate of drug-likeness (QED) is 0.717. The van der Waals surface area contributed by atoms with E-state index in [1.807, 2.05) is 47.4 Å². The molecule has 1 fully saturated rings. The van der Waals surface area contributed by atoms with Crippen LogP contribution in [-0.4, -0.2) is 30.4 Å². The molecule has 0 atom stereocenters. The van der Waals surface area contributed by atoms with E-state index in [1.165, 1.54) is 0 Å². The number of hydrogen-bond acceptors (Lipinski definition) is 3. The first-order valence-electron chi connectivity index (χ1n) is 9.04. The number of rotatable bonds is 7. The number of benzene rings is 2. The minimum Gasteiger partial charge on any atom is -0.496 e. The molecular formula is C21H23BrN2O3. The zero-order chi connectivity index (χ0) is 19.2. The third kappa shape index (κ3) is 5.32. The zero-order valence-electron chi connectivity index (χ0n) is 15.3. The van der Waals surface area contributed by atoms with Gasteiger partial charge in [0, 0.05) is 31.6 Å². The smallest absolute Gasteiger partial charge is 0.224 e. The summed E-state index contributed by atoms with van der Waals surface area (Å²) in [7, 11) is 1.63. The van der Waals surface area contributed by atoms with E-state index in [0.29, 0.717) is 25.8 Å². The van der Waals surface area contributed by atoms with E-state index in [0.717, 1.165) is 40.0 Å². The molecule has 1 aliphatic rings. The molecule has 1 aliphatic heterocycles. The molecule has 1 saturated heterocycles. The van der Waals surface area contributed by atoms with Crippen molar-refractivity contribution < 1.29 is 14.3 Å². The predicted molar refractivity (Wildman–Crippen MR) is 109 cm³/mol. The first kappa shape index (κ1) is 19.4. The Hall–Kier alpha value is -2.34. The highest BCUT2D eigenvalue weighted by molar-refractivity contribution is 9.10. The van der Waals surface area contributed by atoms with E-state index in [1.54, 1.807) is 7.11 Å². The van der Waals surface area contributed by atoms with Crippen LogP contribution in [-0.2, 0) is 22.6 Å². The largest absolute Gasteiger partial charge is 0.496 e. The van der Waals surface area contributed by atoms with Gasteiger partial charge in [0.1, 0.15) is 5.75 Å². The van der Waals surface area contributed by atoms with Crippen LogP contribution in [0.5, 0.6) is 5.75 Å². The van der Waals surface area contributed by atoms with Gasteiger partial charge in [-0.1, -0.05) is 18.2 Å². The molecule has 0 radical (unpaired) electrons. The first-order chi connectivity index (χ1) is 13.0. The van der Waals surface area contributed by atoms with Crippen molar-refractivity contribution >= 4 is 33.4 Å². The number of carbonyl (C=O) groups is 2. The highest BCUT2D eigenvalue weighted by atomic mass is 79.9. The summed E-state index contributed by atoms with van der Waals surface area (Å²) in [6, 6.07) is 13.5. The van der Waals surface area contributed by atoms with E-state index in [-0.39, 0.29) is 11.8 Å². The summed E-state index contributed by atoms with van der Waals surface area (Å²) >= 11 is 3.46. The number of ether oxygens (including phenoxy) is 1. The minimum atomic E-state index is -0.0312. The van der Waals surface area contributed by atoms with E-state index in [9.17, 15) is 9.59 Å². The molecule has 5 nitrogen and oxygen atoms in total. The normalized spacial score (nSPS) is 13.7. The van der Waals surface area contributed by atoms with Crippen molar-refractivity contribution in [2.45, 2.75) is 32.2 Å². The summed E-state index contributed by atoms with van der Waals surface area (Å²) in [5.74, 6) is 0.947. The van der Waals surface area contributed by atoms with Gasteiger partial charge in [0.05, 0.1) is 11.6 Å². The van der Waals surface area contributed by atoms with Crippen molar-refractivity contribution in [2.75, 3.05) is 19.0 Å². The molecule has 142 valence electrons. The molecule has 27 heavy (non-hydrogen) atoms. The van der Waals surface area contributed by atoms with E-state index < -0.39 is 0 Å². The maximum Gasteiger partial charge on any atom is 0.224 e. The van der Waals surface area contributed by atoms with E-state index >= 15 is 0 Å². The number of nitrogens with zero attached hydrogens (tertiary/aromatic N) is 1. The number of methoxy groups -OCH3 is 1. The van der Waals surface area contributed by atoms with E-state index in [4.69, 9.17) is 4.74 Å². The Bertz CT molecular complexity index is 838. The molecule has 0 spiro atoms. The van der Waals surface area contributed by atoms with Crippen molar-refractivity contribution in [1.29, 1.82) is 0 Å². The number of carbonyl (C=O) groups excluding carboxylic acids is 2. The van der Waals surface area contributed by atoms with Crippen LogP contribution < -0.4 is 10.1 Å². The Kier molecular flexibility index (Phi) is 6.50. The van der Waals surface area contributed by atoms with Gasteiger partial charge in [-0.3, -0.25) is 9.59 Å². The summed E-state index contributed by atoms with van der Waals surface area (Å²) in [5, 5.41) is 2.95. The SMILES string of the molecule is COc1ccc(CCC(=O)Nc2cccc(CN3CCCC3=O)c2)cc1Br. The van der Waals surface area contributed by atoms with Crippen LogP contribution in [0.1, 0.15) is 30.4 Å². The molecule has 0 aliphatic carbocycles. The molecule has 2 aromatic carbocycles. The summed E-state index contributed by atoms with van der Waals surface area (Å²) in [6.07, 6.45) is 2.61. The maximum atomic E-state index is 12.3. The van der Waals surface area contributed by atoms with Crippen LogP contribution >= 0.6 is 15.9 Å². The van der Waals surface area contributed by atoms with Crippen molar-refractivity contribution in [3.8, 4) is 5.75 Å². The Morgan fingerprint density at radius 1 is 1.22 bits per heavy atom. The third-order valence-corrected chi connectivity index (χ3v) is 5.23. The van der Waals surface area contributed by atoms with Crippen molar-refractivity contribution in [2.24, 2.45) is 0 Å². The lowest BCUT2D eigenvalue weighted by Crippen LogP contribution is -2.23. The number of likely N-dealkylation sites (tertiary alicyclic amines) is 1. The molecule has 0 unspecified atom stereocenters. The summed E-state index contributed by atoms with van der Waals surface area (Å²) in [6.45, 7) is 1.41. The fraction of sp³-hybridized carbons (Fsp3) is 0.333. The van der Waals surface area contributed by atoms with Crippen LogP contribution in [0.4, 0.5) is 5.69 Å². The monoisotopic (exact) mass is 430 g/mol. The summed E-state index contributed by atoms with van der Waals surface area (Å²) < 4.78 is 6.10. The van der Waals surface area contributed by atoms with Crippen LogP contribution in [0.2, 0.25) is 0 Å². The fourth-order valence-electron chi connectivity index (χ4n) is 3.19. The third-order valence-electron chi connectivity index (χ3n) is 4.61. The predicted octanol–water partition coefficient (Wildman–Crippen LogP) is 4.15. The lowest BCUT2D eigenvalue weighted by molar-refractivity contribution is -0.128. The van der Waals surface area contributed by atoms with Gasteiger partial charge < -0.3 is 15.0 Å². The molecule has 0 saturated carbocycles. The van der Waals surface area contributed by atoms with Crippen LogP contribution in [0.15, 0.2) is 46.9 Å². The molecule has 0 bridgehead atoms. The lowest BCUT2D eigenvalue weighted by atomic mass is 10.1. The number of nitrogens with one attached hydrogen (secondary N) is 1. The maximum absolute atomic E-state index is 12.3. The number of amides is 2. The van der Waals surface area contributed by atoms with Crippen molar-refractivity contribution in [1.82, 2.24) is 4.90 Å². The number of anilines is 1. The van der Waals surface area contributed by atoms with Gasteiger partial charge in [0.25, 0.3) is 0 Å². The highest BCUT2D eigenvalue weighted by Crippen LogP contribution is 2.26. The van der Waals surface area contributed by atoms with Crippen LogP contribution in [0.3, 0.4) is 0 Å². The first-order valence-corrected chi connectivity index (χ1v) is 9.83. The molecule has 3 rings (SSSR count). The van der Waals surface area contributed by atoms with Crippen molar-refractivity contribution in [3.63, 3.8) is 0 Å². The second-order valence-corrected chi connectivity index (χ2v) is 7.49. The van der Waals surface area contributed by atoms with Gasteiger partial charge in [0.2, 0.25) is 11.8 Å². The molecule has 0 aromatic heterocycles. The van der Waals surface area contributed by atoms with Crippen LogP contribution in [0, 0.1) is 0 Å². The topological polar surface area (TPSA) is 58.6 Å². The van der Waals surface area contributed by atoms with Gasteiger partial charge in [-0.2, -0.15) is 0 Å². The molecule has 1 heterocycles. The number of aryl methyl sites for hydroxylation is 1. The van der Waals surface area contributed by atoms with Gasteiger partial charge in [0.15, 0.2) is 0 Å². The number of hydrogen-bond donors (Lipinski definition) is 1. The molecule has 6 heteroatoms. The molecule has 2 aromatic rings. The summed E-state index contributed by atoms with van der Waals surface area (Å²) in [4.78, 5) is 25.9. The second kappa shape index (κ2) is 9.04. The Labute approximate surface area is 167 Å². The van der Waals surface area contributed by atoms with Gasteiger partial charge >= 0.3 is 0 Å². The molecule has 1 N–H and O–H groups in total. The minimum absolute atomic E-state index is 0.0312. The zero-order valence-corrected chi connectivity index (χ0v) is 16.9.